The molecule has 0 bridgehead atoms. The predicted octanol–water partition coefficient (Wildman–Crippen LogP) is 3.13. The highest BCUT2D eigenvalue weighted by molar-refractivity contribution is 5.95. The molecule has 0 heterocycles. The number of nitrogens with zero attached hydrogens (tertiary/aromatic N) is 1. The van der Waals surface area contributed by atoms with E-state index in [0.29, 0.717) is 17.9 Å². The SMILES string of the molecule is CCOc1ccc(C(=O)N/N=C\c2c(F)cccc2F)cc1. The van der Waals surface area contributed by atoms with Crippen molar-refractivity contribution in [2.75, 3.05) is 6.61 Å². The fourth-order valence-corrected chi connectivity index (χ4v) is 1.72. The van der Waals surface area contributed by atoms with E-state index in [0.717, 1.165) is 18.3 Å². The number of benzene rings is 2. The van der Waals surface area contributed by atoms with Gasteiger partial charge < -0.3 is 4.74 Å². The second-order valence-corrected chi connectivity index (χ2v) is 4.29. The van der Waals surface area contributed by atoms with Gasteiger partial charge in [0.1, 0.15) is 17.4 Å². The monoisotopic (exact) mass is 304 g/mol. The maximum absolute atomic E-state index is 13.4. The summed E-state index contributed by atoms with van der Waals surface area (Å²) in [5, 5.41) is 3.56. The number of halogens is 2. The Morgan fingerprint density at radius 2 is 1.82 bits per heavy atom. The summed E-state index contributed by atoms with van der Waals surface area (Å²) in [5.74, 6) is -1.34. The molecule has 0 aliphatic heterocycles. The zero-order valence-electron chi connectivity index (χ0n) is 11.8. The standard InChI is InChI=1S/C16H14F2N2O2/c1-2-22-12-8-6-11(7-9-12)16(21)20-19-10-13-14(17)4-3-5-15(13)18/h3-10H,2H2,1H3,(H,20,21)/b19-10-. The molecular formula is C16H14F2N2O2. The maximum atomic E-state index is 13.4. The van der Waals surface area contributed by atoms with E-state index in [4.69, 9.17) is 4.74 Å². The molecule has 0 spiro atoms. The third-order valence-electron chi connectivity index (χ3n) is 2.79. The number of hydrazone groups is 1. The molecule has 2 aromatic carbocycles. The molecule has 0 atom stereocenters. The number of carbonyl (C=O) groups excluding carboxylic acids is 1. The van der Waals surface area contributed by atoms with E-state index in [-0.39, 0.29) is 5.56 Å². The number of ether oxygens (including phenoxy) is 1. The molecule has 0 aliphatic rings. The number of hydrogen-bond donors (Lipinski definition) is 1. The molecular weight excluding hydrogens is 290 g/mol. The fraction of sp³-hybridized carbons (Fsp3) is 0.125. The van der Waals surface area contributed by atoms with Gasteiger partial charge in [0.25, 0.3) is 5.91 Å². The van der Waals surface area contributed by atoms with Crippen molar-refractivity contribution in [3.63, 3.8) is 0 Å². The Hall–Kier alpha value is -2.76. The first-order chi connectivity index (χ1) is 10.6. The summed E-state index contributed by atoms with van der Waals surface area (Å²) >= 11 is 0. The molecule has 0 aliphatic carbocycles. The first-order valence-electron chi connectivity index (χ1n) is 6.62. The maximum Gasteiger partial charge on any atom is 0.271 e. The zero-order chi connectivity index (χ0) is 15.9. The van der Waals surface area contributed by atoms with Crippen molar-refractivity contribution in [3.8, 4) is 5.75 Å². The van der Waals surface area contributed by atoms with Crippen LogP contribution in [0.3, 0.4) is 0 Å². The van der Waals surface area contributed by atoms with Crippen molar-refractivity contribution in [1.29, 1.82) is 0 Å². The third kappa shape index (κ3) is 3.88. The van der Waals surface area contributed by atoms with E-state index in [1.54, 1.807) is 24.3 Å². The molecule has 1 amide bonds. The normalized spacial score (nSPS) is 10.7. The minimum Gasteiger partial charge on any atom is -0.494 e. The molecule has 2 aromatic rings. The van der Waals surface area contributed by atoms with Crippen LogP contribution in [0.1, 0.15) is 22.8 Å². The van der Waals surface area contributed by atoms with Crippen LogP contribution < -0.4 is 10.2 Å². The van der Waals surface area contributed by atoms with Crippen LogP contribution in [0.5, 0.6) is 5.75 Å². The van der Waals surface area contributed by atoms with Crippen molar-refractivity contribution in [2.24, 2.45) is 5.10 Å². The lowest BCUT2D eigenvalue weighted by molar-refractivity contribution is 0.0955. The lowest BCUT2D eigenvalue weighted by Crippen LogP contribution is -2.17. The van der Waals surface area contributed by atoms with Gasteiger partial charge in [-0.3, -0.25) is 4.79 Å². The van der Waals surface area contributed by atoms with E-state index in [9.17, 15) is 13.6 Å². The summed E-state index contributed by atoms with van der Waals surface area (Å²) < 4.78 is 32.0. The van der Waals surface area contributed by atoms with E-state index >= 15 is 0 Å². The molecule has 0 unspecified atom stereocenters. The Morgan fingerprint density at radius 3 is 2.41 bits per heavy atom. The molecule has 0 saturated heterocycles. The Morgan fingerprint density at radius 1 is 1.18 bits per heavy atom. The van der Waals surface area contributed by atoms with E-state index < -0.39 is 17.5 Å². The van der Waals surface area contributed by atoms with E-state index in [1.807, 2.05) is 6.92 Å². The largest absolute Gasteiger partial charge is 0.494 e. The Labute approximate surface area is 126 Å². The molecule has 2 rings (SSSR count). The Balaban J connectivity index is 2.01. The summed E-state index contributed by atoms with van der Waals surface area (Å²) in [4.78, 5) is 11.8. The molecule has 1 N–H and O–H groups in total. The first kappa shape index (κ1) is 15.6. The number of carbonyl (C=O) groups is 1. The summed E-state index contributed by atoms with van der Waals surface area (Å²) in [6.07, 6.45) is 0.928. The highest BCUT2D eigenvalue weighted by atomic mass is 19.1. The highest BCUT2D eigenvalue weighted by Crippen LogP contribution is 2.12. The van der Waals surface area contributed by atoms with Crippen LogP contribution in [-0.4, -0.2) is 18.7 Å². The molecule has 114 valence electrons. The van der Waals surface area contributed by atoms with Crippen LogP contribution in [0.4, 0.5) is 8.78 Å². The quantitative estimate of drug-likeness (QED) is 0.681. The molecule has 0 fully saturated rings. The smallest absolute Gasteiger partial charge is 0.271 e. The third-order valence-corrected chi connectivity index (χ3v) is 2.79. The molecule has 4 nitrogen and oxygen atoms in total. The molecule has 22 heavy (non-hydrogen) atoms. The molecule has 6 heteroatoms. The van der Waals surface area contributed by atoms with Crippen LogP contribution in [0.25, 0.3) is 0 Å². The van der Waals surface area contributed by atoms with Gasteiger partial charge in [-0.2, -0.15) is 5.10 Å². The average Bonchev–Trinajstić information content (AvgIpc) is 2.51. The van der Waals surface area contributed by atoms with Gasteiger partial charge in [0.05, 0.1) is 18.4 Å². The van der Waals surface area contributed by atoms with Crippen LogP contribution >= 0.6 is 0 Å². The zero-order valence-corrected chi connectivity index (χ0v) is 11.8. The van der Waals surface area contributed by atoms with Crippen LogP contribution in [0, 0.1) is 11.6 Å². The topological polar surface area (TPSA) is 50.7 Å². The van der Waals surface area contributed by atoms with Crippen LogP contribution in [0.2, 0.25) is 0 Å². The predicted molar refractivity (Wildman–Crippen MR) is 79.0 cm³/mol. The van der Waals surface area contributed by atoms with E-state index in [1.165, 1.54) is 6.07 Å². The van der Waals surface area contributed by atoms with E-state index in [2.05, 4.69) is 10.5 Å². The van der Waals surface area contributed by atoms with Crippen molar-refractivity contribution < 1.29 is 18.3 Å². The fourth-order valence-electron chi connectivity index (χ4n) is 1.72. The van der Waals surface area contributed by atoms with Crippen molar-refractivity contribution in [3.05, 3.63) is 65.2 Å². The number of rotatable bonds is 5. The molecule has 0 saturated carbocycles. The highest BCUT2D eigenvalue weighted by Gasteiger charge is 2.07. The van der Waals surface area contributed by atoms with Gasteiger partial charge in [-0.05, 0) is 43.3 Å². The van der Waals surface area contributed by atoms with Crippen molar-refractivity contribution >= 4 is 12.1 Å². The minimum absolute atomic E-state index is 0.311. The number of nitrogens with one attached hydrogen (secondary N) is 1. The van der Waals surface area contributed by atoms with Gasteiger partial charge in [-0.15, -0.1) is 0 Å². The lowest BCUT2D eigenvalue weighted by Gasteiger charge is -2.04. The second-order valence-electron chi connectivity index (χ2n) is 4.29. The summed E-state index contributed by atoms with van der Waals surface area (Å²) in [6, 6.07) is 9.91. The summed E-state index contributed by atoms with van der Waals surface area (Å²) in [5.41, 5.74) is 2.26. The van der Waals surface area contributed by atoms with Crippen LogP contribution in [-0.2, 0) is 0 Å². The molecule has 0 aromatic heterocycles. The van der Waals surface area contributed by atoms with Crippen molar-refractivity contribution in [1.82, 2.24) is 5.43 Å². The van der Waals surface area contributed by atoms with Gasteiger partial charge in [-0.1, -0.05) is 6.07 Å². The van der Waals surface area contributed by atoms with Crippen molar-refractivity contribution in [2.45, 2.75) is 6.92 Å². The average molecular weight is 304 g/mol. The Kier molecular flexibility index (Phi) is 5.19. The van der Waals surface area contributed by atoms with Crippen LogP contribution in [0.15, 0.2) is 47.6 Å². The molecule has 0 radical (unpaired) electrons. The number of amides is 1. The van der Waals surface area contributed by atoms with Gasteiger partial charge >= 0.3 is 0 Å². The lowest BCUT2D eigenvalue weighted by atomic mass is 10.2. The number of hydrogen-bond acceptors (Lipinski definition) is 3. The minimum atomic E-state index is -0.751. The first-order valence-corrected chi connectivity index (χ1v) is 6.62. The summed E-state index contributed by atoms with van der Waals surface area (Å²) in [7, 11) is 0. The van der Waals surface area contributed by atoms with Gasteiger partial charge in [0.15, 0.2) is 0 Å². The van der Waals surface area contributed by atoms with Gasteiger partial charge in [0.2, 0.25) is 0 Å². The summed E-state index contributed by atoms with van der Waals surface area (Å²) in [6.45, 7) is 2.39. The second kappa shape index (κ2) is 7.31. The Bertz CT molecular complexity index is 665. The van der Waals surface area contributed by atoms with Gasteiger partial charge in [-0.25, -0.2) is 14.2 Å². The van der Waals surface area contributed by atoms with Gasteiger partial charge in [0, 0.05) is 5.56 Å².